The van der Waals surface area contributed by atoms with E-state index in [1.54, 1.807) is 24.3 Å². The summed E-state index contributed by atoms with van der Waals surface area (Å²) in [4.78, 5) is 35.7. The number of hydrogen-bond donors (Lipinski definition) is 0. The molecule has 2 aromatic carbocycles. The van der Waals surface area contributed by atoms with Gasteiger partial charge in [0.2, 0.25) is 0 Å². The van der Waals surface area contributed by atoms with Crippen LogP contribution in [0.2, 0.25) is 0 Å². The van der Waals surface area contributed by atoms with Gasteiger partial charge in [-0.3, -0.25) is 0 Å². The standard InChI is InChI=1S/C33H40O12/c1-23(20-37-4)31(34)43-16-13-40-28-10-7-26(8-11-28)27-9-12-29(41-14-17-44-32(35)24(2)21-38-5)30(19-27)42-15-18-45-33(36)25(3)22-39-6/h7-12,19H,1-3,13-18,20-22H2,4-6H3. The number of hydrogen-bond acceptors (Lipinski definition) is 12. The van der Waals surface area contributed by atoms with Crippen LogP contribution in [0.5, 0.6) is 17.2 Å². The normalized spacial score (nSPS) is 10.4. The molecular formula is C33H40O12. The molecule has 45 heavy (non-hydrogen) atoms. The van der Waals surface area contributed by atoms with Gasteiger partial charge in [0.05, 0.1) is 36.5 Å². The van der Waals surface area contributed by atoms with Crippen molar-refractivity contribution in [2.75, 3.05) is 80.8 Å². The number of benzene rings is 2. The number of carbonyl (C=O) groups is 3. The second-order valence-electron chi connectivity index (χ2n) is 9.25. The molecule has 0 saturated carbocycles. The Bertz CT molecular complexity index is 1300. The van der Waals surface area contributed by atoms with Crippen LogP contribution in [0.1, 0.15) is 0 Å². The number of rotatable bonds is 22. The van der Waals surface area contributed by atoms with Crippen molar-refractivity contribution in [2.24, 2.45) is 0 Å². The summed E-state index contributed by atoms with van der Waals surface area (Å²) in [6.45, 7) is 11.3. The molecule has 0 bridgehead atoms. The van der Waals surface area contributed by atoms with E-state index in [2.05, 4.69) is 19.7 Å². The molecular weight excluding hydrogens is 588 g/mol. The maximum Gasteiger partial charge on any atom is 0.335 e. The summed E-state index contributed by atoms with van der Waals surface area (Å²) >= 11 is 0. The lowest BCUT2D eigenvalue weighted by Gasteiger charge is -2.15. The fraction of sp³-hybridized carbons (Fsp3) is 0.364. The lowest BCUT2D eigenvalue weighted by molar-refractivity contribution is -0.141. The predicted molar refractivity (Wildman–Crippen MR) is 164 cm³/mol. The molecule has 0 radical (unpaired) electrons. The third kappa shape index (κ3) is 13.3. The summed E-state index contributed by atoms with van der Waals surface area (Å²) in [5, 5.41) is 0. The molecule has 0 heterocycles. The van der Waals surface area contributed by atoms with E-state index in [1.165, 1.54) is 21.3 Å². The van der Waals surface area contributed by atoms with Crippen molar-refractivity contribution < 1.29 is 57.0 Å². The molecule has 0 aliphatic carbocycles. The molecule has 0 atom stereocenters. The number of methoxy groups -OCH3 is 3. The summed E-state index contributed by atoms with van der Waals surface area (Å²) < 4.78 is 47.4. The number of ether oxygens (including phenoxy) is 9. The highest BCUT2D eigenvalue weighted by atomic mass is 16.6. The number of esters is 3. The maximum atomic E-state index is 12.0. The van der Waals surface area contributed by atoms with Crippen molar-refractivity contribution in [1.82, 2.24) is 0 Å². The van der Waals surface area contributed by atoms with E-state index in [4.69, 9.17) is 42.6 Å². The predicted octanol–water partition coefficient (Wildman–Crippen LogP) is 3.73. The Kier molecular flexibility index (Phi) is 16.5. The molecule has 0 aliphatic rings. The molecule has 0 spiro atoms. The summed E-state index contributed by atoms with van der Waals surface area (Å²) in [6, 6.07) is 12.6. The highest BCUT2D eigenvalue weighted by molar-refractivity contribution is 5.88. The van der Waals surface area contributed by atoms with Gasteiger partial charge in [-0.2, -0.15) is 0 Å². The minimum Gasteiger partial charge on any atom is -0.490 e. The van der Waals surface area contributed by atoms with Crippen molar-refractivity contribution in [3.05, 3.63) is 78.9 Å². The topological polar surface area (TPSA) is 134 Å². The van der Waals surface area contributed by atoms with E-state index in [-0.39, 0.29) is 76.2 Å². The van der Waals surface area contributed by atoms with Crippen LogP contribution in [0, 0.1) is 0 Å². The lowest BCUT2D eigenvalue weighted by Crippen LogP contribution is -2.17. The lowest BCUT2D eigenvalue weighted by atomic mass is 10.0. The number of carbonyl (C=O) groups excluding carboxylic acids is 3. The fourth-order valence-electron chi connectivity index (χ4n) is 3.53. The minimum atomic E-state index is -0.584. The Morgan fingerprint density at radius 2 is 0.911 bits per heavy atom. The second-order valence-corrected chi connectivity index (χ2v) is 9.25. The minimum absolute atomic E-state index is 0.0233. The molecule has 0 unspecified atom stereocenters. The zero-order valence-corrected chi connectivity index (χ0v) is 25.9. The van der Waals surface area contributed by atoms with Crippen LogP contribution in [0.25, 0.3) is 11.1 Å². The first-order chi connectivity index (χ1) is 21.7. The Hall–Kier alpha value is -4.65. The Morgan fingerprint density at radius 3 is 1.36 bits per heavy atom. The second kappa shape index (κ2) is 20.3. The van der Waals surface area contributed by atoms with E-state index >= 15 is 0 Å². The zero-order valence-electron chi connectivity index (χ0n) is 25.9. The monoisotopic (exact) mass is 628 g/mol. The third-order valence-corrected chi connectivity index (χ3v) is 5.69. The van der Waals surface area contributed by atoms with Gasteiger partial charge in [-0.25, -0.2) is 14.4 Å². The Labute approximate surface area is 263 Å². The van der Waals surface area contributed by atoms with E-state index in [0.717, 1.165) is 11.1 Å². The van der Waals surface area contributed by atoms with Gasteiger partial charge in [-0.15, -0.1) is 0 Å². The zero-order chi connectivity index (χ0) is 33.0. The van der Waals surface area contributed by atoms with E-state index in [9.17, 15) is 14.4 Å². The van der Waals surface area contributed by atoms with E-state index < -0.39 is 17.9 Å². The summed E-state index contributed by atoms with van der Waals surface area (Å²) in [5.41, 5.74) is 2.27. The quantitative estimate of drug-likeness (QED) is 0.0814. The van der Waals surface area contributed by atoms with Crippen molar-refractivity contribution in [3.8, 4) is 28.4 Å². The first-order valence-corrected chi connectivity index (χ1v) is 13.8. The average molecular weight is 629 g/mol. The van der Waals surface area contributed by atoms with E-state index in [1.807, 2.05) is 18.2 Å². The average Bonchev–Trinajstić information content (AvgIpc) is 3.04. The first-order valence-electron chi connectivity index (χ1n) is 13.8. The molecule has 0 amide bonds. The van der Waals surface area contributed by atoms with Gasteiger partial charge in [0, 0.05) is 21.3 Å². The van der Waals surface area contributed by atoms with Gasteiger partial charge >= 0.3 is 17.9 Å². The molecule has 0 aliphatic heterocycles. The van der Waals surface area contributed by atoms with Crippen LogP contribution in [0.3, 0.4) is 0 Å². The maximum absolute atomic E-state index is 12.0. The molecule has 244 valence electrons. The van der Waals surface area contributed by atoms with Crippen molar-refractivity contribution >= 4 is 17.9 Å². The molecule has 0 saturated heterocycles. The fourth-order valence-corrected chi connectivity index (χ4v) is 3.53. The summed E-state index contributed by atoms with van der Waals surface area (Å²) in [6.07, 6.45) is 0. The molecule has 12 heteroatoms. The largest absolute Gasteiger partial charge is 0.490 e. The molecule has 0 fully saturated rings. The molecule has 2 aromatic rings. The highest BCUT2D eigenvalue weighted by Crippen LogP contribution is 2.33. The van der Waals surface area contributed by atoms with Crippen molar-refractivity contribution in [2.45, 2.75) is 0 Å². The van der Waals surface area contributed by atoms with Crippen LogP contribution in [-0.2, 0) is 42.8 Å². The smallest absolute Gasteiger partial charge is 0.335 e. The summed E-state index contributed by atoms with van der Waals surface area (Å²) in [7, 11) is 4.38. The van der Waals surface area contributed by atoms with Gasteiger partial charge in [-0.1, -0.05) is 37.9 Å². The van der Waals surface area contributed by atoms with Gasteiger partial charge in [0.25, 0.3) is 0 Å². The third-order valence-electron chi connectivity index (χ3n) is 5.69. The van der Waals surface area contributed by atoms with Gasteiger partial charge < -0.3 is 42.6 Å². The van der Waals surface area contributed by atoms with E-state index in [0.29, 0.717) is 17.2 Å². The SMILES string of the molecule is C=C(COC)C(=O)OCCOc1ccc(-c2ccc(OCCOC(=O)C(=C)COC)c(OCCOC(=O)C(=C)COC)c2)cc1. The van der Waals surface area contributed by atoms with Crippen LogP contribution < -0.4 is 14.2 Å². The van der Waals surface area contributed by atoms with Gasteiger partial charge in [-0.05, 0) is 35.4 Å². The van der Waals surface area contributed by atoms with Crippen LogP contribution >= 0.6 is 0 Å². The molecule has 12 nitrogen and oxygen atoms in total. The van der Waals surface area contributed by atoms with Gasteiger partial charge in [0.15, 0.2) is 11.5 Å². The van der Waals surface area contributed by atoms with Crippen LogP contribution in [0.4, 0.5) is 0 Å². The first kappa shape index (κ1) is 36.5. The molecule has 2 rings (SSSR count). The highest BCUT2D eigenvalue weighted by Gasteiger charge is 2.13. The van der Waals surface area contributed by atoms with Crippen molar-refractivity contribution in [1.29, 1.82) is 0 Å². The van der Waals surface area contributed by atoms with Crippen LogP contribution in [0.15, 0.2) is 78.9 Å². The summed E-state index contributed by atoms with van der Waals surface area (Å²) in [5.74, 6) is -0.341. The molecule has 0 N–H and O–H groups in total. The van der Waals surface area contributed by atoms with Crippen LogP contribution in [-0.4, -0.2) is 98.7 Å². The van der Waals surface area contributed by atoms with Crippen molar-refractivity contribution in [3.63, 3.8) is 0 Å². The van der Waals surface area contributed by atoms with Gasteiger partial charge in [0.1, 0.15) is 45.4 Å². The Morgan fingerprint density at radius 1 is 0.511 bits per heavy atom. The Balaban J connectivity index is 2.02. The molecule has 0 aromatic heterocycles.